The molecule has 0 aliphatic carbocycles. The van der Waals surface area contributed by atoms with E-state index in [1.165, 1.54) is 6.07 Å². The molecule has 0 heterocycles. The van der Waals surface area contributed by atoms with Gasteiger partial charge in [-0.15, -0.1) is 0 Å². The molecule has 0 saturated carbocycles. The lowest BCUT2D eigenvalue weighted by Crippen LogP contribution is -2.09. The number of benzene rings is 2. The summed E-state index contributed by atoms with van der Waals surface area (Å²) in [4.78, 5) is 12.2. The van der Waals surface area contributed by atoms with Gasteiger partial charge in [0.1, 0.15) is 5.75 Å². The number of para-hydroxylation sites is 1. The van der Waals surface area contributed by atoms with Crippen molar-refractivity contribution in [3.63, 3.8) is 0 Å². The average molecular weight is 280 g/mol. The predicted octanol–water partition coefficient (Wildman–Crippen LogP) is 3.73. The van der Waals surface area contributed by atoms with Gasteiger partial charge in [0.25, 0.3) is 0 Å². The zero-order valence-electron chi connectivity index (χ0n) is 10.6. The number of carbonyl (C=O) groups excluding carboxylic acids is 1. The maximum atomic E-state index is 13.6. The van der Waals surface area contributed by atoms with Crippen LogP contribution in [-0.4, -0.2) is 12.4 Å². The number of hydrogen-bond donors (Lipinski definition) is 0. The third kappa shape index (κ3) is 2.52. The van der Waals surface area contributed by atoms with E-state index >= 15 is 0 Å². The van der Waals surface area contributed by atoms with E-state index in [1.807, 2.05) is 0 Å². The molecule has 2 aromatic rings. The molecule has 0 radical (unpaired) electrons. The second kappa shape index (κ2) is 5.77. The fourth-order valence-corrected chi connectivity index (χ4v) is 1.78. The maximum Gasteiger partial charge on any atom is 0.199 e. The van der Waals surface area contributed by atoms with Gasteiger partial charge in [-0.2, -0.15) is 0 Å². The van der Waals surface area contributed by atoms with Crippen LogP contribution in [0.4, 0.5) is 13.2 Å². The topological polar surface area (TPSA) is 26.3 Å². The molecular weight excluding hydrogens is 269 g/mol. The summed E-state index contributed by atoms with van der Waals surface area (Å²) in [6.45, 7) is 2.06. The molecule has 2 nitrogen and oxygen atoms in total. The highest BCUT2D eigenvalue weighted by atomic mass is 19.2. The summed E-state index contributed by atoms with van der Waals surface area (Å²) < 4.78 is 45.0. The Morgan fingerprint density at radius 1 is 1.00 bits per heavy atom. The van der Waals surface area contributed by atoms with Gasteiger partial charge in [-0.05, 0) is 31.2 Å². The van der Waals surface area contributed by atoms with Gasteiger partial charge in [-0.3, -0.25) is 4.79 Å². The van der Waals surface area contributed by atoms with Gasteiger partial charge < -0.3 is 4.74 Å². The first-order valence-corrected chi connectivity index (χ1v) is 5.96. The van der Waals surface area contributed by atoms with Crippen LogP contribution in [0.3, 0.4) is 0 Å². The molecule has 0 fully saturated rings. The molecular formula is C15H11F3O2. The van der Waals surface area contributed by atoms with Crippen LogP contribution >= 0.6 is 0 Å². The first-order valence-electron chi connectivity index (χ1n) is 5.96. The lowest BCUT2D eigenvalue weighted by Gasteiger charge is -2.09. The molecule has 5 heteroatoms. The fraction of sp³-hybridized carbons (Fsp3) is 0.133. The Bertz CT molecular complexity index is 654. The van der Waals surface area contributed by atoms with Crippen LogP contribution in [0.5, 0.6) is 5.75 Å². The Kier molecular flexibility index (Phi) is 4.08. The van der Waals surface area contributed by atoms with Crippen molar-refractivity contribution < 1.29 is 22.7 Å². The Morgan fingerprint density at radius 2 is 1.70 bits per heavy atom. The van der Waals surface area contributed by atoms with Gasteiger partial charge in [-0.1, -0.05) is 12.1 Å². The van der Waals surface area contributed by atoms with Gasteiger partial charge in [0.15, 0.2) is 23.2 Å². The first kappa shape index (κ1) is 14.1. The Labute approximate surface area is 113 Å². The number of hydrogen-bond acceptors (Lipinski definition) is 2. The Hall–Kier alpha value is -2.30. The first-order chi connectivity index (χ1) is 9.56. The molecule has 20 heavy (non-hydrogen) atoms. The zero-order chi connectivity index (χ0) is 14.7. The number of ether oxygens (including phenoxy) is 1. The molecule has 0 bridgehead atoms. The highest BCUT2D eigenvalue weighted by Crippen LogP contribution is 2.24. The van der Waals surface area contributed by atoms with E-state index in [0.29, 0.717) is 6.61 Å². The van der Waals surface area contributed by atoms with E-state index in [9.17, 15) is 18.0 Å². The lowest BCUT2D eigenvalue weighted by atomic mass is 10.0. The van der Waals surface area contributed by atoms with Crippen molar-refractivity contribution in [1.29, 1.82) is 0 Å². The van der Waals surface area contributed by atoms with Crippen molar-refractivity contribution in [2.45, 2.75) is 6.92 Å². The SMILES string of the molecule is CCOc1ccccc1C(=O)c1ccc(F)c(F)c1F. The molecule has 2 aromatic carbocycles. The largest absolute Gasteiger partial charge is 0.493 e. The third-order valence-electron chi connectivity index (χ3n) is 2.71. The van der Waals surface area contributed by atoms with E-state index in [-0.39, 0.29) is 11.3 Å². The highest BCUT2D eigenvalue weighted by Gasteiger charge is 2.22. The van der Waals surface area contributed by atoms with E-state index in [4.69, 9.17) is 4.74 Å². The monoisotopic (exact) mass is 280 g/mol. The molecule has 0 aromatic heterocycles. The van der Waals surface area contributed by atoms with Crippen LogP contribution in [0.1, 0.15) is 22.8 Å². The van der Waals surface area contributed by atoms with Crippen LogP contribution in [0, 0.1) is 17.5 Å². The molecule has 0 atom stereocenters. The van der Waals surface area contributed by atoms with E-state index < -0.39 is 28.8 Å². The van der Waals surface area contributed by atoms with Crippen LogP contribution < -0.4 is 4.74 Å². The zero-order valence-corrected chi connectivity index (χ0v) is 10.6. The minimum Gasteiger partial charge on any atom is -0.493 e. The van der Waals surface area contributed by atoms with Crippen molar-refractivity contribution in [2.75, 3.05) is 6.61 Å². The van der Waals surface area contributed by atoms with Crippen LogP contribution in [0.25, 0.3) is 0 Å². The molecule has 0 N–H and O–H groups in total. The van der Waals surface area contributed by atoms with Gasteiger partial charge in [-0.25, -0.2) is 13.2 Å². The second-order valence-corrected chi connectivity index (χ2v) is 3.98. The number of halogens is 3. The Morgan fingerprint density at radius 3 is 2.40 bits per heavy atom. The van der Waals surface area contributed by atoms with Gasteiger partial charge in [0.2, 0.25) is 0 Å². The number of rotatable bonds is 4. The minimum atomic E-state index is -1.66. The van der Waals surface area contributed by atoms with E-state index in [1.54, 1.807) is 25.1 Å². The van der Waals surface area contributed by atoms with Crippen molar-refractivity contribution in [3.05, 3.63) is 65.0 Å². The molecule has 0 saturated heterocycles. The summed E-state index contributed by atoms with van der Waals surface area (Å²) in [6.07, 6.45) is 0. The van der Waals surface area contributed by atoms with Gasteiger partial charge in [0, 0.05) is 0 Å². The average Bonchev–Trinajstić information content (AvgIpc) is 2.45. The molecule has 0 spiro atoms. The second-order valence-electron chi connectivity index (χ2n) is 3.98. The van der Waals surface area contributed by atoms with Crippen LogP contribution in [0.15, 0.2) is 36.4 Å². The minimum absolute atomic E-state index is 0.0965. The summed E-state index contributed by atoms with van der Waals surface area (Å²) in [5.41, 5.74) is -0.435. The predicted molar refractivity (Wildman–Crippen MR) is 67.4 cm³/mol. The molecule has 0 aliphatic heterocycles. The van der Waals surface area contributed by atoms with Crippen molar-refractivity contribution in [3.8, 4) is 5.75 Å². The molecule has 0 unspecified atom stereocenters. The Balaban J connectivity index is 2.50. The quantitative estimate of drug-likeness (QED) is 0.630. The lowest BCUT2D eigenvalue weighted by molar-refractivity contribution is 0.103. The summed E-state index contributed by atoms with van der Waals surface area (Å²) >= 11 is 0. The van der Waals surface area contributed by atoms with Crippen molar-refractivity contribution in [2.24, 2.45) is 0 Å². The number of ketones is 1. The van der Waals surface area contributed by atoms with Crippen LogP contribution in [0.2, 0.25) is 0 Å². The summed E-state index contributed by atoms with van der Waals surface area (Å²) in [5.74, 6) is -4.99. The van der Waals surface area contributed by atoms with Gasteiger partial charge >= 0.3 is 0 Å². The maximum absolute atomic E-state index is 13.6. The normalized spacial score (nSPS) is 10.4. The molecule has 0 amide bonds. The standard InChI is InChI=1S/C15H11F3O2/c1-2-20-12-6-4-3-5-9(12)15(19)10-7-8-11(16)14(18)13(10)17/h3-8H,2H2,1H3. The third-order valence-corrected chi connectivity index (χ3v) is 2.71. The smallest absolute Gasteiger partial charge is 0.199 e. The number of carbonyl (C=O) groups is 1. The summed E-state index contributed by atoms with van der Waals surface area (Å²) in [6, 6.07) is 7.85. The summed E-state index contributed by atoms with van der Waals surface area (Å²) in [7, 11) is 0. The van der Waals surface area contributed by atoms with Crippen LogP contribution in [-0.2, 0) is 0 Å². The van der Waals surface area contributed by atoms with E-state index in [2.05, 4.69) is 0 Å². The van der Waals surface area contributed by atoms with E-state index in [0.717, 1.165) is 12.1 Å². The molecule has 104 valence electrons. The van der Waals surface area contributed by atoms with Crippen molar-refractivity contribution in [1.82, 2.24) is 0 Å². The summed E-state index contributed by atoms with van der Waals surface area (Å²) in [5, 5.41) is 0. The molecule has 2 rings (SSSR count). The van der Waals surface area contributed by atoms with Gasteiger partial charge in [0.05, 0.1) is 17.7 Å². The van der Waals surface area contributed by atoms with Crippen molar-refractivity contribution >= 4 is 5.78 Å². The fourth-order valence-electron chi connectivity index (χ4n) is 1.78. The highest BCUT2D eigenvalue weighted by molar-refractivity contribution is 6.10. The molecule has 0 aliphatic rings.